The van der Waals surface area contributed by atoms with Crippen LogP contribution in [0.3, 0.4) is 0 Å². The first-order valence-electron chi connectivity index (χ1n) is 5.93. The van der Waals surface area contributed by atoms with Crippen LogP contribution in [0, 0.1) is 6.92 Å². The number of benzene rings is 1. The summed E-state index contributed by atoms with van der Waals surface area (Å²) < 4.78 is 26.9. The second-order valence-electron chi connectivity index (χ2n) is 4.19. The van der Waals surface area contributed by atoms with Gasteiger partial charge in [0.25, 0.3) is 10.0 Å². The normalized spacial score (nSPS) is 11.3. The summed E-state index contributed by atoms with van der Waals surface area (Å²) in [6, 6.07) is 6.78. The molecule has 0 unspecified atom stereocenters. The highest BCUT2D eigenvalue weighted by Gasteiger charge is 2.18. The number of aryl methyl sites for hydroxylation is 1. The van der Waals surface area contributed by atoms with Gasteiger partial charge in [-0.3, -0.25) is 9.52 Å². The molecule has 1 amide bonds. The van der Waals surface area contributed by atoms with Crippen LogP contribution in [0.15, 0.2) is 40.4 Å². The van der Waals surface area contributed by atoms with Crippen molar-refractivity contribution < 1.29 is 13.2 Å². The van der Waals surface area contributed by atoms with E-state index in [4.69, 9.17) is 5.73 Å². The molecule has 2 aromatic rings. The summed E-state index contributed by atoms with van der Waals surface area (Å²) in [7, 11) is -3.75. The zero-order valence-electron chi connectivity index (χ0n) is 11.2. The van der Waals surface area contributed by atoms with Crippen LogP contribution in [0.25, 0.3) is 0 Å². The number of nitrogens with one attached hydrogen (secondary N) is 2. The molecule has 1 aromatic heterocycles. The number of nitrogens with two attached hydrogens (primary N) is 1. The first-order valence-corrected chi connectivity index (χ1v) is 8.40. The number of hydrogen-bond acceptors (Lipinski definition) is 5. The highest BCUT2D eigenvalue weighted by molar-refractivity contribution is 8.00. The van der Waals surface area contributed by atoms with Crippen molar-refractivity contribution in [3.05, 3.63) is 36.3 Å². The number of primary amides is 1. The quantitative estimate of drug-likeness (QED) is 0.687. The van der Waals surface area contributed by atoms with E-state index in [2.05, 4.69) is 14.7 Å². The van der Waals surface area contributed by atoms with Crippen LogP contribution in [0.4, 0.5) is 5.69 Å². The fraction of sp³-hybridized carbons (Fsp3) is 0.167. The lowest BCUT2D eigenvalue weighted by molar-refractivity contribution is -0.115. The summed E-state index contributed by atoms with van der Waals surface area (Å²) in [4.78, 5) is 18.0. The van der Waals surface area contributed by atoms with Crippen molar-refractivity contribution in [2.45, 2.75) is 16.8 Å². The third-order valence-corrected chi connectivity index (χ3v) is 4.84. The number of carbonyl (C=O) groups excluding carboxylic acids is 1. The van der Waals surface area contributed by atoms with Crippen LogP contribution in [0.5, 0.6) is 0 Å². The molecule has 4 N–H and O–H groups in total. The number of rotatable bonds is 6. The van der Waals surface area contributed by atoms with Crippen molar-refractivity contribution >= 4 is 33.4 Å². The summed E-state index contributed by atoms with van der Waals surface area (Å²) in [6.07, 6.45) is 1.25. The number of amides is 1. The molecule has 0 atom stereocenters. The molecule has 0 aliphatic rings. The minimum atomic E-state index is -3.75. The predicted molar refractivity (Wildman–Crippen MR) is 80.5 cm³/mol. The zero-order valence-corrected chi connectivity index (χ0v) is 12.8. The lowest BCUT2D eigenvalue weighted by Gasteiger charge is -2.10. The Kier molecular flexibility index (Phi) is 4.53. The monoisotopic (exact) mass is 326 g/mol. The van der Waals surface area contributed by atoms with E-state index in [1.54, 1.807) is 31.2 Å². The number of aromatic nitrogens is 2. The first-order chi connectivity index (χ1) is 9.88. The van der Waals surface area contributed by atoms with Gasteiger partial charge in [0.15, 0.2) is 5.03 Å². The van der Waals surface area contributed by atoms with Crippen LogP contribution in [-0.2, 0) is 14.8 Å². The lowest BCUT2D eigenvalue weighted by atomic mass is 10.3. The number of nitrogens with zero attached hydrogens (tertiary/aromatic N) is 1. The minimum Gasteiger partial charge on any atom is -0.369 e. The minimum absolute atomic E-state index is 0.0188. The van der Waals surface area contributed by atoms with Crippen LogP contribution >= 0.6 is 11.8 Å². The second kappa shape index (κ2) is 6.19. The number of carbonyl (C=O) groups is 1. The highest BCUT2D eigenvalue weighted by atomic mass is 32.2. The number of anilines is 1. The Balaban J connectivity index is 2.25. The van der Waals surface area contributed by atoms with Gasteiger partial charge in [-0.1, -0.05) is 12.1 Å². The summed E-state index contributed by atoms with van der Waals surface area (Å²) in [5.41, 5.74) is 5.48. The number of imidazole rings is 1. The van der Waals surface area contributed by atoms with Crippen molar-refractivity contribution in [1.82, 2.24) is 9.97 Å². The van der Waals surface area contributed by atoms with E-state index in [-0.39, 0.29) is 10.8 Å². The number of aromatic amines is 1. The third kappa shape index (κ3) is 3.99. The SMILES string of the molecule is Cc1ncc(S(=O)(=O)Nc2ccccc2SCC(N)=O)[nH]1. The molecule has 7 nitrogen and oxygen atoms in total. The largest absolute Gasteiger partial charge is 0.369 e. The molecule has 9 heteroatoms. The van der Waals surface area contributed by atoms with Crippen LogP contribution in [0.2, 0.25) is 0 Å². The Labute approximate surface area is 126 Å². The van der Waals surface area contributed by atoms with Crippen molar-refractivity contribution in [3.63, 3.8) is 0 Å². The van der Waals surface area contributed by atoms with E-state index in [1.807, 2.05) is 0 Å². The average molecular weight is 326 g/mol. The number of hydrogen-bond donors (Lipinski definition) is 3. The Morgan fingerprint density at radius 3 is 2.76 bits per heavy atom. The predicted octanol–water partition coefficient (Wildman–Crippen LogP) is 1.10. The van der Waals surface area contributed by atoms with Gasteiger partial charge in [-0.25, -0.2) is 4.98 Å². The maximum absolute atomic E-state index is 12.2. The van der Waals surface area contributed by atoms with E-state index in [0.717, 1.165) is 0 Å². The van der Waals surface area contributed by atoms with Gasteiger partial charge < -0.3 is 10.7 Å². The van der Waals surface area contributed by atoms with Gasteiger partial charge in [0, 0.05) is 4.90 Å². The Morgan fingerprint density at radius 1 is 1.43 bits per heavy atom. The molecule has 0 saturated carbocycles. The molecule has 0 fully saturated rings. The number of para-hydroxylation sites is 1. The van der Waals surface area contributed by atoms with Crippen molar-refractivity contribution in [2.24, 2.45) is 5.73 Å². The summed E-state index contributed by atoms with van der Waals surface area (Å²) in [5.74, 6) is 0.107. The Bertz CT molecular complexity index is 755. The maximum Gasteiger partial charge on any atom is 0.279 e. The molecule has 1 aromatic carbocycles. The summed E-state index contributed by atoms with van der Waals surface area (Å²) in [6.45, 7) is 1.66. The third-order valence-electron chi connectivity index (χ3n) is 2.47. The fourth-order valence-corrected chi connectivity index (χ4v) is 3.42. The molecule has 0 saturated heterocycles. The molecule has 0 spiro atoms. The summed E-state index contributed by atoms with van der Waals surface area (Å²) in [5, 5.41) is -0.0188. The fourth-order valence-electron chi connectivity index (χ4n) is 1.56. The molecule has 2 rings (SSSR count). The van der Waals surface area contributed by atoms with Gasteiger partial charge in [-0.2, -0.15) is 8.42 Å². The van der Waals surface area contributed by atoms with E-state index in [0.29, 0.717) is 16.4 Å². The van der Waals surface area contributed by atoms with Gasteiger partial charge in [0.1, 0.15) is 5.82 Å². The van der Waals surface area contributed by atoms with E-state index >= 15 is 0 Å². The smallest absolute Gasteiger partial charge is 0.279 e. The van der Waals surface area contributed by atoms with E-state index in [9.17, 15) is 13.2 Å². The molecular formula is C12H14N4O3S2. The molecular weight excluding hydrogens is 312 g/mol. The van der Waals surface area contributed by atoms with Crippen molar-refractivity contribution in [1.29, 1.82) is 0 Å². The van der Waals surface area contributed by atoms with Gasteiger partial charge in [-0.05, 0) is 19.1 Å². The number of sulfonamides is 1. The molecule has 0 aliphatic heterocycles. The molecule has 0 bridgehead atoms. The number of H-pyrrole nitrogens is 1. The number of thioether (sulfide) groups is 1. The second-order valence-corrected chi connectivity index (χ2v) is 6.86. The van der Waals surface area contributed by atoms with E-state index < -0.39 is 15.9 Å². The van der Waals surface area contributed by atoms with Gasteiger partial charge in [0.2, 0.25) is 5.91 Å². The van der Waals surface area contributed by atoms with Crippen molar-refractivity contribution in [2.75, 3.05) is 10.5 Å². The zero-order chi connectivity index (χ0) is 15.5. The molecule has 0 aliphatic carbocycles. The van der Waals surface area contributed by atoms with Crippen LogP contribution in [0.1, 0.15) is 5.82 Å². The van der Waals surface area contributed by atoms with Gasteiger partial charge in [-0.15, -0.1) is 11.8 Å². The van der Waals surface area contributed by atoms with Crippen LogP contribution < -0.4 is 10.5 Å². The Hall–Kier alpha value is -2.00. The molecule has 112 valence electrons. The lowest BCUT2D eigenvalue weighted by Crippen LogP contribution is -2.15. The van der Waals surface area contributed by atoms with Gasteiger partial charge in [0.05, 0.1) is 17.6 Å². The Morgan fingerprint density at radius 2 is 2.14 bits per heavy atom. The molecule has 1 heterocycles. The van der Waals surface area contributed by atoms with Crippen molar-refractivity contribution in [3.8, 4) is 0 Å². The van der Waals surface area contributed by atoms with Gasteiger partial charge >= 0.3 is 0 Å². The average Bonchev–Trinajstić information content (AvgIpc) is 2.85. The maximum atomic E-state index is 12.2. The topological polar surface area (TPSA) is 118 Å². The molecule has 21 heavy (non-hydrogen) atoms. The van der Waals surface area contributed by atoms with E-state index in [1.165, 1.54) is 18.0 Å². The highest BCUT2D eigenvalue weighted by Crippen LogP contribution is 2.28. The van der Waals surface area contributed by atoms with Crippen LogP contribution in [-0.4, -0.2) is 30.0 Å². The summed E-state index contributed by atoms with van der Waals surface area (Å²) >= 11 is 1.17. The first kappa shape index (κ1) is 15.4. The standard InChI is InChI=1S/C12H14N4O3S2/c1-8-14-6-12(15-8)21(18,19)16-9-4-2-3-5-10(9)20-7-11(13)17/h2-6,16H,7H2,1H3,(H2,13,17)(H,14,15). The molecule has 0 radical (unpaired) electrons.